The summed E-state index contributed by atoms with van der Waals surface area (Å²) in [6.07, 6.45) is 3.04. The van der Waals surface area contributed by atoms with Gasteiger partial charge in [-0.3, -0.25) is 9.20 Å². The average Bonchev–Trinajstić information content (AvgIpc) is 3.17. The van der Waals surface area contributed by atoms with E-state index in [0.29, 0.717) is 16.5 Å². The van der Waals surface area contributed by atoms with E-state index in [-0.39, 0.29) is 27.8 Å². The van der Waals surface area contributed by atoms with Gasteiger partial charge in [-0.1, -0.05) is 41.4 Å². The van der Waals surface area contributed by atoms with Crippen molar-refractivity contribution in [2.45, 2.75) is 0 Å². The van der Waals surface area contributed by atoms with Crippen LogP contribution in [0.4, 0.5) is 0 Å². The van der Waals surface area contributed by atoms with Crippen LogP contribution in [-0.4, -0.2) is 18.9 Å². The molecule has 5 aromatic rings. The third kappa shape index (κ3) is 3.79. The SMILES string of the molecule is Cn1c(/C(C#N)=C/c2c(Oc3ccc(Cl)cc3Cl)nc3ccccn3c2=O)nc2ccccc21. The minimum absolute atomic E-state index is 0.00642. The Kier molecular flexibility index (Phi) is 5.54. The number of benzene rings is 2. The number of allylic oxidation sites excluding steroid dienone is 1. The molecule has 0 unspecified atom stereocenters. The normalized spacial score (nSPS) is 11.6. The van der Waals surface area contributed by atoms with E-state index in [1.807, 2.05) is 31.3 Å². The Morgan fingerprint density at radius 1 is 1.09 bits per heavy atom. The molecule has 0 radical (unpaired) electrons. The van der Waals surface area contributed by atoms with E-state index in [1.54, 1.807) is 41.1 Å². The number of imidazole rings is 1. The standard InChI is InChI=1S/C25H15Cl2N5O2/c1-31-20-7-3-2-6-19(20)29-23(31)15(14-28)12-17-24(34-21-10-9-16(26)13-18(21)27)30-22-8-4-5-11-32(22)25(17)33/h2-13H,1H3/b15-12+. The molecule has 0 N–H and O–H groups in total. The quantitative estimate of drug-likeness (QED) is 0.301. The zero-order valence-corrected chi connectivity index (χ0v) is 19.2. The second-order valence-electron chi connectivity index (χ2n) is 7.39. The van der Waals surface area contributed by atoms with Crippen molar-refractivity contribution in [2.24, 2.45) is 7.05 Å². The van der Waals surface area contributed by atoms with Gasteiger partial charge in [-0.15, -0.1) is 0 Å². The molecule has 3 heterocycles. The van der Waals surface area contributed by atoms with E-state index < -0.39 is 5.56 Å². The molecule has 2 aromatic carbocycles. The van der Waals surface area contributed by atoms with Crippen molar-refractivity contribution < 1.29 is 4.74 Å². The number of nitrogens with zero attached hydrogens (tertiary/aromatic N) is 5. The van der Waals surface area contributed by atoms with Gasteiger partial charge < -0.3 is 9.30 Å². The second kappa shape index (κ2) is 8.67. The minimum atomic E-state index is -0.405. The summed E-state index contributed by atoms with van der Waals surface area (Å²) in [5, 5.41) is 10.7. The van der Waals surface area contributed by atoms with E-state index in [4.69, 9.17) is 27.9 Å². The molecule has 0 fully saturated rings. The van der Waals surface area contributed by atoms with Crippen molar-refractivity contribution in [3.63, 3.8) is 0 Å². The highest BCUT2D eigenvalue weighted by molar-refractivity contribution is 6.35. The molecule has 0 saturated heterocycles. The molecular weight excluding hydrogens is 473 g/mol. The monoisotopic (exact) mass is 487 g/mol. The first-order valence-corrected chi connectivity index (χ1v) is 10.9. The van der Waals surface area contributed by atoms with Gasteiger partial charge in [0.15, 0.2) is 5.82 Å². The number of hydrogen-bond acceptors (Lipinski definition) is 5. The van der Waals surface area contributed by atoms with E-state index >= 15 is 0 Å². The molecule has 0 aliphatic heterocycles. The van der Waals surface area contributed by atoms with Crippen LogP contribution in [-0.2, 0) is 7.05 Å². The molecule has 166 valence electrons. The summed E-state index contributed by atoms with van der Waals surface area (Å²) in [6.45, 7) is 0. The topological polar surface area (TPSA) is 85.2 Å². The van der Waals surface area contributed by atoms with Gasteiger partial charge in [0.1, 0.15) is 23.0 Å². The fraction of sp³-hybridized carbons (Fsp3) is 0.0400. The van der Waals surface area contributed by atoms with Gasteiger partial charge in [-0.25, -0.2) is 4.98 Å². The van der Waals surface area contributed by atoms with Crippen LogP contribution in [0.2, 0.25) is 10.0 Å². The Morgan fingerprint density at radius 3 is 2.65 bits per heavy atom. The van der Waals surface area contributed by atoms with Gasteiger partial charge in [0.25, 0.3) is 5.56 Å². The van der Waals surface area contributed by atoms with Gasteiger partial charge in [-0.2, -0.15) is 10.2 Å². The molecule has 0 aliphatic rings. The number of halogens is 2. The van der Waals surface area contributed by atoms with E-state index in [1.165, 1.54) is 16.5 Å². The van der Waals surface area contributed by atoms with Crippen molar-refractivity contribution in [3.8, 4) is 17.7 Å². The van der Waals surface area contributed by atoms with Crippen LogP contribution in [0.1, 0.15) is 11.4 Å². The van der Waals surface area contributed by atoms with Gasteiger partial charge in [0.2, 0.25) is 5.88 Å². The lowest BCUT2D eigenvalue weighted by molar-refractivity contribution is 0.461. The van der Waals surface area contributed by atoms with Crippen molar-refractivity contribution in [2.75, 3.05) is 0 Å². The van der Waals surface area contributed by atoms with Crippen LogP contribution in [0.3, 0.4) is 0 Å². The molecule has 0 aliphatic carbocycles. The Bertz CT molecular complexity index is 1710. The first-order valence-electron chi connectivity index (χ1n) is 10.1. The highest BCUT2D eigenvalue weighted by atomic mass is 35.5. The van der Waals surface area contributed by atoms with Crippen molar-refractivity contribution in [1.29, 1.82) is 5.26 Å². The number of hydrogen-bond donors (Lipinski definition) is 0. The highest BCUT2D eigenvalue weighted by Crippen LogP contribution is 2.33. The lowest BCUT2D eigenvalue weighted by Gasteiger charge is -2.11. The molecule has 9 heteroatoms. The average molecular weight is 488 g/mol. The van der Waals surface area contributed by atoms with E-state index in [2.05, 4.69) is 16.0 Å². The second-order valence-corrected chi connectivity index (χ2v) is 8.24. The summed E-state index contributed by atoms with van der Waals surface area (Å²) in [6, 6.07) is 19.6. The first kappa shape index (κ1) is 21.7. The number of aromatic nitrogens is 4. The zero-order chi connectivity index (χ0) is 23.8. The van der Waals surface area contributed by atoms with Gasteiger partial charge in [-0.05, 0) is 48.5 Å². The fourth-order valence-electron chi connectivity index (χ4n) is 3.62. The van der Waals surface area contributed by atoms with Crippen LogP contribution in [0.5, 0.6) is 11.6 Å². The summed E-state index contributed by atoms with van der Waals surface area (Å²) in [5.74, 6) is 0.692. The minimum Gasteiger partial charge on any atom is -0.437 e. The molecular formula is C25H15Cl2N5O2. The fourth-order valence-corrected chi connectivity index (χ4v) is 4.07. The lowest BCUT2D eigenvalue weighted by atomic mass is 10.1. The molecule has 0 spiro atoms. The van der Waals surface area contributed by atoms with Crippen LogP contribution in [0, 0.1) is 11.3 Å². The molecule has 0 saturated carbocycles. The largest absolute Gasteiger partial charge is 0.437 e. The summed E-state index contributed by atoms with van der Waals surface area (Å²) in [7, 11) is 1.81. The van der Waals surface area contributed by atoms with Crippen LogP contribution < -0.4 is 10.3 Å². The molecule has 5 rings (SSSR count). The summed E-state index contributed by atoms with van der Waals surface area (Å²) < 4.78 is 9.14. The zero-order valence-electron chi connectivity index (χ0n) is 17.7. The molecule has 0 atom stereocenters. The lowest BCUT2D eigenvalue weighted by Crippen LogP contribution is -2.18. The molecule has 34 heavy (non-hydrogen) atoms. The van der Waals surface area contributed by atoms with Gasteiger partial charge >= 0.3 is 0 Å². The third-order valence-electron chi connectivity index (χ3n) is 5.27. The van der Waals surface area contributed by atoms with Gasteiger partial charge in [0.05, 0.1) is 21.6 Å². The number of ether oxygens (including phenoxy) is 1. The number of nitriles is 1. The van der Waals surface area contributed by atoms with Crippen molar-refractivity contribution >= 4 is 51.5 Å². The number of fused-ring (bicyclic) bond motifs is 2. The first-order chi connectivity index (χ1) is 16.5. The molecule has 3 aromatic heterocycles. The maximum atomic E-state index is 13.4. The predicted molar refractivity (Wildman–Crippen MR) is 132 cm³/mol. The molecule has 7 nitrogen and oxygen atoms in total. The van der Waals surface area contributed by atoms with Crippen LogP contribution in [0.25, 0.3) is 28.3 Å². The number of para-hydroxylation sites is 2. The number of aryl methyl sites for hydroxylation is 1. The van der Waals surface area contributed by atoms with Crippen LogP contribution >= 0.6 is 23.2 Å². The molecule has 0 amide bonds. The summed E-state index contributed by atoms with van der Waals surface area (Å²) in [4.78, 5) is 22.5. The molecule has 0 bridgehead atoms. The Balaban J connectivity index is 1.74. The Hall–Kier alpha value is -4.12. The third-order valence-corrected chi connectivity index (χ3v) is 5.80. The Morgan fingerprint density at radius 2 is 1.88 bits per heavy atom. The maximum Gasteiger partial charge on any atom is 0.269 e. The Labute approximate surface area is 203 Å². The number of rotatable bonds is 4. The summed E-state index contributed by atoms with van der Waals surface area (Å²) in [5.41, 5.74) is 1.83. The van der Waals surface area contributed by atoms with Crippen LogP contribution in [0.15, 0.2) is 71.7 Å². The maximum absolute atomic E-state index is 13.4. The number of pyridine rings is 1. The summed E-state index contributed by atoms with van der Waals surface area (Å²) >= 11 is 12.3. The van der Waals surface area contributed by atoms with E-state index in [9.17, 15) is 10.1 Å². The van der Waals surface area contributed by atoms with Crippen molar-refractivity contribution in [3.05, 3.63) is 98.6 Å². The highest BCUT2D eigenvalue weighted by Gasteiger charge is 2.18. The van der Waals surface area contributed by atoms with Gasteiger partial charge in [0, 0.05) is 18.3 Å². The smallest absolute Gasteiger partial charge is 0.269 e. The van der Waals surface area contributed by atoms with E-state index in [0.717, 1.165) is 11.0 Å². The van der Waals surface area contributed by atoms with Crippen molar-refractivity contribution in [1.82, 2.24) is 18.9 Å². The predicted octanol–water partition coefficient (Wildman–Crippen LogP) is 5.74.